The minimum absolute atomic E-state index is 0.0418. The standard InChI is InChI=1S/C14H15ClN4O/c1-10(2)19(9-11-4-3-7-16-8-11)14(20)12-5-6-13(15)18-17-12/h3-8,10H,9H2,1-2H3. The average Bonchev–Trinajstić information content (AvgIpc) is 2.45. The normalized spacial score (nSPS) is 10.6. The number of halogens is 1. The van der Waals surface area contributed by atoms with E-state index >= 15 is 0 Å². The Morgan fingerprint density at radius 1 is 1.30 bits per heavy atom. The molecule has 0 aromatic carbocycles. The summed E-state index contributed by atoms with van der Waals surface area (Å²) in [6, 6.07) is 6.96. The van der Waals surface area contributed by atoms with E-state index in [0.29, 0.717) is 6.54 Å². The molecule has 2 rings (SSSR count). The molecule has 0 fully saturated rings. The summed E-state index contributed by atoms with van der Waals surface area (Å²) >= 11 is 5.68. The van der Waals surface area contributed by atoms with Crippen molar-refractivity contribution in [1.29, 1.82) is 0 Å². The highest BCUT2D eigenvalue weighted by Gasteiger charge is 2.20. The van der Waals surface area contributed by atoms with Crippen LogP contribution in [0.15, 0.2) is 36.7 Å². The van der Waals surface area contributed by atoms with Gasteiger partial charge in [-0.25, -0.2) is 0 Å². The number of hydrogen-bond acceptors (Lipinski definition) is 4. The van der Waals surface area contributed by atoms with Crippen LogP contribution in [0.25, 0.3) is 0 Å². The van der Waals surface area contributed by atoms with Gasteiger partial charge in [-0.05, 0) is 37.6 Å². The van der Waals surface area contributed by atoms with E-state index in [1.54, 1.807) is 29.4 Å². The van der Waals surface area contributed by atoms with Gasteiger partial charge in [0.1, 0.15) is 0 Å². The summed E-state index contributed by atoms with van der Waals surface area (Å²) in [5, 5.41) is 7.81. The summed E-state index contributed by atoms with van der Waals surface area (Å²) in [5.74, 6) is -0.173. The van der Waals surface area contributed by atoms with Crippen LogP contribution in [0.3, 0.4) is 0 Å². The first kappa shape index (κ1) is 14.4. The zero-order chi connectivity index (χ0) is 14.5. The highest BCUT2D eigenvalue weighted by Crippen LogP contribution is 2.12. The molecule has 0 spiro atoms. The molecule has 0 aliphatic heterocycles. The van der Waals surface area contributed by atoms with Crippen molar-refractivity contribution in [2.75, 3.05) is 0 Å². The third-order valence-corrected chi connectivity index (χ3v) is 3.01. The van der Waals surface area contributed by atoms with Gasteiger partial charge in [0, 0.05) is 25.0 Å². The van der Waals surface area contributed by atoms with E-state index in [4.69, 9.17) is 11.6 Å². The van der Waals surface area contributed by atoms with E-state index in [1.807, 2.05) is 26.0 Å². The van der Waals surface area contributed by atoms with Crippen molar-refractivity contribution < 1.29 is 4.79 Å². The maximum Gasteiger partial charge on any atom is 0.274 e. The molecule has 0 radical (unpaired) electrons. The van der Waals surface area contributed by atoms with Gasteiger partial charge in [0.25, 0.3) is 5.91 Å². The molecule has 2 aromatic heterocycles. The number of carbonyl (C=O) groups excluding carboxylic acids is 1. The molecule has 0 saturated heterocycles. The lowest BCUT2D eigenvalue weighted by Crippen LogP contribution is -2.37. The number of carbonyl (C=O) groups is 1. The Morgan fingerprint density at radius 3 is 2.65 bits per heavy atom. The molecule has 20 heavy (non-hydrogen) atoms. The number of hydrogen-bond donors (Lipinski definition) is 0. The molecule has 0 atom stereocenters. The van der Waals surface area contributed by atoms with Crippen LogP contribution in [0, 0.1) is 0 Å². The number of aromatic nitrogens is 3. The van der Waals surface area contributed by atoms with Gasteiger partial charge >= 0.3 is 0 Å². The smallest absolute Gasteiger partial charge is 0.274 e. The first-order valence-electron chi connectivity index (χ1n) is 6.27. The van der Waals surface area contributed by atoms with E-state index in [9.17, 15) is 4.79 Å². The number of pyridine rings is 1. The number of amides is 1. The summed E-state index contributed by atoms with van der Waals surface area (Å²) in [6.45, 7) is 4.39. The third kappa shape index (κ3) is 3.51. The Bertz CT molecular complexity index is 571. The van der Waals surface area contributed by atoms with Crippen LogP contribution in [-0.2, 0) is 6.54 Å². The first-order chi connectivity index (χ1) is 9.58. The van der Waals surface area contributed by atoms with Crippen molar-refractivity contribution in [2.24, 2.45) is 0 Å². The minimum atomic E-state index is -0.173. The molecule has 0 unspecified atom stereocenters. The van der Waals surface area contributed by atoms with Gasteiger partial charge in [0.2, 0.25) is 0 Å². The van der Waals surface area contributed by atoms with Gasteiger partial charge in [-0.2, -0.15) is 0 Å². The molecule has 0 bridgehead atoms. The molecule has 104 valence electrons. The highest BCUT2D eigenvalue weighted by molar-refractivity contribution is 6.29. The average molecular weight is 291 g/mol. The first-order valence-corrected chi connectivity index (χ1v) is 6.65. The predicted octanol–water partition coefficient (Wildman–Crippen LogP) is 2.58. The van der Waals surface area contributed by atoms with Crippen LogP contribution in [0.4, 0.5) is 0 Å². The van der Waals surface area contributed by atoms with Gasteiger partial charge in [-0.3, -0.25) is 9.78 Å². The number of nitrogens with zero attached hydrogens (tertiary/aromatic N) is 4. The summed E-state index contributed by atoms with van der Waals surface area (Å²) in [6.07, 6.45) is 3.45. The summed E-state index contributed by atoms with van der Waals surface area (Å²) in [5.41, 5.74) is 1.25. The molecule has 0 aliphatic carbocycles. The predicted molar refractivity (Wildman–Crippen MR) is 76.3 cm³/mol. The molecular formula is C14H15ClN4O. The molecule has 2 aromatic rings. The van der Waals surface area contributed by atoms with Crippen molar-refractivity contribution in [3.8, 4) is 0 Å². The van der Waals surface area contributed by atoms with E-state index in [-0.39, 0.29) is 22.8 Å². The molecule has 5 nitrogen and oxygen atoms in total. The van der Waals surface area contributed by atoms with E-state index in [0.717, 1.165) is 5.56 Å². The molecule has 1 amide bonds. The van der Waals surface area contributed by atoms with Crippen molar-refractivity contribution in [2.45, 2.75) is 26.4 Å². The van der Waals surface area contributed by atoms with E-state index in [2.05, 4.69) is 15.2 Å². The van der Waals surface area contributed by atoms with Crippen LogP contribution in [0.1, 0.15) is 29.9 Å². The van der Waals surface area contributed by atoms with Crippen LogP contribution < -0.4 is 0 Å². The van der Waals surface area contributed by atoms with E-state index in [1.165, 1.54) is 0 Å². The van der Waals surface area contributed by atoms with Crippen molar-refractivity contribution in [1.82, 2.24) is 20.1 Å². The Hall–Kier alpha value is -2.01. The van der Waals surface area contributed by atoms with Crippen molar-refractivity contribution in [3.05, 3.63) is 53.1 Å². The lowest BCUT2D eigenvalue weighted by atomic mass is 10.2. The Morgan fingerprint density at radius 2 is 2.10 bits per heavy atom. The van der Waals surface area contributed by atoms with Gasteiger partial charge in [-0.1, -0.05) is 17.7 Å². The maximum absolute atomic E-state index is 12.5. The largest absolute Gasteiger partial charge is 0.330 e. The van der Waals surface area contributed by atoms with Crippen LogP contribution in [0.5, 0.6) is 0 Å². The molecule has 2 heterocycles. The second kappa shape index (κ2) is 6.43. The second-order valence-corrected chi connectivity index (χ2v) is 5.02. The van der Waals surface area contributed by atoms with Gasteiger partial charge in [0.05, 0.1) is 0 Å². The maximum atomic E-state index is 12.5. The second-order valence-electron chi connectivity index (χ2n) is 4.63. The minimum Gasteiger partial charge on any atom is -0.330 e. The lowest BCUT2D eigenvalue weighted by molar-refractivity contribution is 0.0683. The summed E-state index contributed by atoms with van der Waals surface area (Å²) < 4.78 is 0. The van der Waals surface area contributed by atoms with Gasteiger partial charge < -0.3 is 4.90 Å². The van der Waals surface area contributed by atoms with Gasteiger partial charge in [-0.15, -0.1) is 10.2 Å². The topological polar surface area (TPSA) is 59.0 Å². The highest BCUT2D eigenvalue weighted by atomic mass is 35.5. The molecule has 0 aliphatic rings. The van der Waals surface area contributed by atoms with E-state index < -0.39 is 0 Å². The zero-order valence-electron chi connectivity index (χ0n) is 11.3. The van der Waals surface area contributed by atoms with Crippen LogP contribution in [-0.4, -0.2) is 32.0 Å². The lowest BCUT2D eigenvalue weighted by Gasteiger charge is -2.26. The fraction of sp³-hybridized carbons (Fsp3) is 0.286. The molecule has 0 saturated carbocycles. The number of rotatable bonds is 4. The Kier molecular flexibility index (Phi) is 4.63. The quantitative estimate of drug-likeness (QED) is 0.868. The summed E-state index contributed by atoms with van der Waals surface area (Å²) in [7, 11) is 0. The molecular weight excluding hydrogens is 276 g/mol. The monoisotopic (exact) mass is 290 g/mol. The molecule has 0 N–H and O–H groups in total. The fourth-order valence-electron chi connectivity index (χ4n) is 1.75. The summed E-state index contributed by atoms with van der Waals surface area (Å²) in [4.78, 5) is 18.2. The Balaban J connectivity index is 2.20. The SMILES string of the molecule is CC(C)N(Cc1cccnc1)C(=O)c1ccc(Cl)nn1. The van der Waals surface area contributed by atoms with Crippen LogP contribution in [0.2, 0.25) is 5.15 Å². The van der Waals surface area contributed by atoms with Crippen molar-refractivity contribution >= 4 is 17.5 Å². The zero-order valence-corrected chi connectivity index (χ0v) is 12.1. The third-order valence-electron chi connectivity index (χ3n) is 2.81. The Labute approximate surface area is 122 Å². The fourth-order valence-corrected chi connectivity index (χ4v) is 1.86. The van der Waals surface area contributed by atoms with Crippen molar-refractivity contribution in [3.63, 3.8) is 0 Å². The molecule has 6 heteroatoms. The van der Waals surface area contributed by atoms with Crippen LogP contribution >= 0.6 is 11.6 Å². The van der Waals surface area contributed by atoms with Gasteiger partial charge in [0.15, 0.2) is 10.8 Å².